The molecular weight excluding hydrogens is 508 g/mol. The van der Waals surface area contributed by atoms with Gasteiger partial charge in [-0.15, -0.1) is 0 Å². The van der Waals surface area contributed by atoms with Crippen molar-refractivity contribution in [3.63, 3.8) is 0 Å². The van der Waals surface area contributed by atoms with E-state index >= 15 is 0 Å². The van der Waals surface area contributed by atoms with Gasteiger partial charge in [-0.05, 0) is 25.0 Å². The van der Waals surface area contributed by atoms with Crippen LogP contribution in [0.5, 0.6) is 11.5 Å². The Hall–Kier alpha value is -4.05. The van der Waals surface area contributed by atoms with Gasteiger partial charge in [0.25, 0.3) is 5.91 Å². The summed E-state index contributed by atoms with van der Waals surface area (Å²) in [5.74, 6) is -1.88. The Bertz CT molecular complexity index is 1280. The molecule has 0 aliphatic heterocycles. The predicted molar refractivity (Wildman–Crippen MR) is 142 cm³/mol. The minimum Gasteiger partial charge on any atom is -0.493 e. The van der Waals surface area contributed by atoms with Crippen LogP contribution in [0.1, 0.15) is 47.6 Å². The number of hydrogen-bond acceptors (Lipinski definition) is 8. The van der Waals surface area contributed by atoms with E-state index in [-0.39, 0.29) is 22.9 Å². The minimum atomic E-state index is -1.41. The molecule has 10 heteroatoms. The van der Waals surface area contributed by atoms with Crippen LogP contribution in [0.15, 0.2) is 72.9 Å². The number of rotatable bonds is 11. The number of aromatic nitrogens is 1. The molecule has 3 aromatic rings. The van der Waals surface area contributed by atoms with Crippen LogP contribution in [0.3, 0.4) is 0 Å². The van der Waals surface area contributed by atoms with E-state index in [2.05, 4.69) is 10.3 Å². The summed E-state index contributed by atoms with van der Waals surface area (Å²) in [5.41, 5.74) is 1.45. The molecule has 3 rings (SSSR count). The standard InChI is InChI=1S/C28H30N2O7S/c1-18(30-27(32)24-25(37-20(3)31)23(35-4)15-16-29-24)28(33)36-19(2)26(22-13-9-6-10-14-22)38(34)17-21-11-7-5-8-12-21/h5-16,18-19,26H,17H2,1-4H3,(H,30,32)/t18-,19-,26-,38?/m0/s1. The Labute approximate surface area is 224 Å². The summed E-state index contributed by atoms with van der Waals surface area (Å²) in [5, 5.41) is 1.92. The van der Waals surface area contributed by atoms with Crippen LogP contribution in [0.4, 0.5) is 0 Å². The highest BCUT2D eigenvalue weighted by Gasteiger charge is 2.31. The van der Waals surface area contributed by atoms with Crippen molar-refractivity contribution in [1.82, 2.24) is 10.3 Å². The van der Waals surface area contributed by atoms with Gasteiger partial charge in [-0.2, -0.15) is 0 Å². The lowest BCUT2D eigenvalue weighted by molar-refractivity contribution is -0.150. The summed E-state index contributed by atoms with van der Waals surface area (Å²) < 4.78 is 29.4. The minimum absolute atomic E-state index is 0.135. The predicted octanol–water partition coefficient (Wildman–Crippen LogP) is 3.76. The molecule has 200 valence electrons. The average molecular weight is 539 g/mol. The summed E-state index contributed by atoms with van der Waals surface area (Å²) in [6.07, 6.45) is 0.554. The lowest BCUT2D eigenvalue weighted by atomic mass is 10.1. The van der Waals surface area contributed by atoms with Crippen molar-refractivity contribution in [3.05, 3.63) is 89.7 Å². The topological polar surface area (TPSA) is 121 Å². The van der Waals surface area contributed by atoms with Crippen LogP contribution >= 0.6 is 0 Å². The molecular formula is C28H30N2O7S. The van der Waals surface area contributed by atoms with Crippen molar-refractivity contribution in [1.29, 1.82) is 0 Å². The van der Waals surface area contributed by atoms with Gasteiger partial charge >= 0.3 is 11.9 Å². The monoisotopic (exact) mass is 538 g/mol. The third-order valence-electron chi connectivity index (χ3n) is 5.54. The van der Waals surface area contributed by atoms with Gasteiger partial charge in [0.1, 0.15) is 12.1 Å². The third-order valence-corrected chi connectivity index (χ3v) is 7.38. The maximum atomic E-state index is 13.4. The van der Waals surface area contributed by atoms with Gasteiger partial charge < -0.3 is 19.5 Å². The van der Waals surface area contributed by atoms with E-state index in [1.807, 2.05) is 60.7 Å². The molecule has 9 nitrogen and oxygen atoms in total. The number of amides is 1. The van der Waals surface area contributed by atoms with Crippen molar-refractivity contribution in [2.45, 2.75) is 43.9 Å². The second-order valence-corrected chi connectivity index (χ2v) is 10.0. The molecule has 2 aromatic carbocycles. The first-order chi connectivity index (χ1) is 18.2. The molecule has 0 bridgehead atoms. The van der Waals surface area contributed by atoms with Gasteiger partial charge in [-0.3, -0.25) is 13.8 Å². The van der Waals surface area contributed by atoms with Crippen LogP contribution in [-0.2, 0) is 30.9 Å². The molecule has 0 saturated heterocycles. The molecule has 1 N–H and O–H groups in total. The number of carbonyl (C=O) groups excluding carboxylic acids is 3. The Morgan fingerprint density at radius 1 is 0.974 bits per heavy atom. The fourth-order valence-electron chi connectivity index (χ4n) is 3.77. The van der Waals surface area contributed by atoms with Crippen LogP contribution < -0.4 is 14.8 Å². The normalized spacial score (nSPS) is 13.9. The van der Waals surface area contributed by atoms with E-state index in [0.29, 0.717) is 0 Å². The van der Waals surface area contributed by atoms with Crippen molar-refractivity contribution < 1.29 is 32.8 Å². The summed E-state index contributed by atoms with van der Waals surface area (Å²) in [6, 6.07) is 19.0. The van der Waals surface area contributed by atoms with Crippen LogP contribution in [0.2, 0.25) is 0 Å². The first-order valence-electron chi connectivity index (χ1n) is 11.9. The number of pyridine rings is 1. The average Bonchev–Trinajstić information content (AvgIpc) is 2.89. The van der Waals surface area contributed by atoms with E-state index in [0.717, 1.165) is 11.1 Å². The Balaban J connectivity index is 1.74. The molecule has 4 atom stereocenters. The summed E-state index contributed by atoms with van der Waals surface area (Å²) in [6.45, 7) is 4.31. The van der Waals surface area contributed by atoms with E-state index in [4.69, 9.17) is 14.2 Å². The number of methoxy groups -OCH3 is 1. The number of nitrogens with zero attached hydrogens (tertiary/aromatic N) is 1. The first-order valence-corrected chi connectivity index (χ1v) is 13.3. The SMILES string of the molecule is COc1ccnc(C(=O)N[C@@H](C)C(=O)O[C@@H](C)[C@@H](c2ccccc2)S(=O)Cc2ccccc2)c1OC(C)=O. The fourth-order valence-corrected chi connectivity index (χ4v) is 5.42. The number of esters is 2. The van der Waals surface area contributed by atoms with Gasteiger partial charge in [-0.1, -0.05) is 60.7 Å². The zero-order chi connectivity index (χ0) is 27.7. The summed E-state index contributed by atoms with van der Waals surface area (Å²) >= 11 is 0. The van der Waals surface area contributed by atoms with Gasteiger partial charge in [0.15, 0.2) is 11.4 Å². The van der Waals surface area contributed by atoms with Gasteiger partial charge in [0.05, 0.1) is 12.4 Å². The summed E-state index contributed by atoms with van der Waals surface area (Å²) in [4.78, 5) is 41.4. The second-order valence-electron chi connectivity index (χ2n) is 8.46. The van der Waals surface area contributed by atoms with E-state index in [1.54, 1.807) is 6.92 Å². The molecule has 1 amide bonds. The fraction of sp³-hybridized carbons (Fsp3) is 0.286. The van der Waals surface area contributed by atoms with Crippen LogP contribution in [0.25, 0.3) is 0 Å². The van der Waals surface area contributed by atoms with Crippen LogP contribution in [-0.4, -0.2) is 46.3 Å². The van der Waals surface area contributed by atoms with E-state index in [9.17, 15) is 18.6 Å². The smallest absolute Gasteiger partial charge is 0.328 e. The van der Waals surface area contributed by atoms with Gasteiger partial charge in [0.2, 0.25) is 5.75 Å². The Morgan fingerprint density at radius 3 is 2.21 bits per heavy atom. The largest absolute Gasteiger partial charge is 0.493 e. The van der Waals surface area contributed by atoms with Crippen molar-refractivity contribution >= 4 is 28.6 Å². The lowest BCUT2D eigenvalue weighted by Crippen LogP contribution is -2.42. The van der Waals surface area contributed by atoms with E-state index < -0.39 is 46.0 Å². The number of ether oxygens (including phenoxy) is 3. The van der Waals surface area contributed by atoms with Crippen molar-refractivity contribution in [2.24, 2.45) is 0 Å². The third kappa shape index (κ3) is 7.48. The first kappa shape index (κ1) is 28.5. The van der Waals surface area contributed by atoms with Gasteiger partial charge in [0, 0.05) is 35.7 Å². The Kier molecular flexibility index (Phi) is 10.1. The molecule has 0 aliphatic carbocycles. The second kappa shape index (κ2) is 13.5. The lowest BCUT2D eigenvalue weighted by Gasteiger charge is -2.25. The molecule has 1 aromatic heterocycles. The number of nitrogens with one attached hydrogen (secondary N) is 1. The number of benzene rings is 2. The number of hydrogen-bond donors (Lipinski definition) is 1. The molecule has 0 spiro atoms. The Morgan fingerprint density at radius 2 is 1.61 bits per heavy atom. The van der Waals surface area contributed by atoms with Crippen LogP contribution in [0, 0.1) is 0 Å². The van der Waals surface area contributed by atoms with E-state index in [1.165, 1.54) is 33.2 Å². The highest BCUT2D eigenvalue weighted by molar-refractivity contribution is 7.84. The molecule has 0 aliphatic rings. The molecule has 1 unspecified atom stereocenters. The molecule has 0 fully saturated rings. The van der Waals surface area contributed by atoms with Crippen molar-refractivity contribution in [2.75, 3.05) is 7.11 Å². The molecule has 38 heavy (non-hydrogen) atoms. The maximum Gasteiger partial charge on any atom is 0.328 e. The van der Waals surface area contributed by atoms with Crippen molar-refractivity contribution in [3.8, 4) is 11.5 Å². The molecule has 0 radical (unpaired) electrons. The maximum absolute atomic E-state index is 13.4. The number of carbonyl (C=O) groups is 3. The molecule has 0 saturated carbocycles. The zero-order valence-electron chi connectivity index (χ0n) is 21.6. The highest BCUT2D eigenvalue weighted by atomic mass is 32.2. The highest BCUT2D eigenvalue weighted by Crippen LogP contribution is 2.30. The summed E-state index contributed by atoms with van der Waals surface area (Å²) in [7, 11) is -0.0521. The zero-order valence-corrected chi connectivity index (χ0v) is 22.4. The quantitative estimate of drug-likeness (QED) is 0.367. The molecule has 1 heterocycles. The van der Waals surface area contributed by atoms with Gasteiger partial charge in [-0.25, -0.2) is 9.78 Å².